The van der Waals surface area contributed by atoms with E-state index in [-0.39, 0.29) is 12.1 Å². The van der Waals surface area contributed by atoms with Crippen LogP contribution in [0.25, 0.3) is 0 Å². The molecule has 0 fully saturated rings. The molecule has 0 aromatic heterocycles. The molecule has 0 saturated carbocycles. The molecule has 1 rings (SSSR count). The van der Waals surface area contributed by atoms with Gasteiger partial charge in [-0.3, -0.25) is 0 Å². The van der Waals surface area contributed by atoms with Crippen LogP contribution in [-0.4, -0.2) is 32.1 Å². The molecule has 0 radical (unpaired) electrons. The predicted octanol–water partition coefficient (Wildman–Crippen LogP) is 2.15. The van der Waals surface area contributed by atoms with Crippen LogP contribution in [0.1, 0.15) is 12.0 Å². The monoisotopic (exact) mass is 246 g/mol. The first-order valence-electron chi connectivity index (χ1n) is 5.51. The van der Waals surface area contributed by atoms with E-state index in [0.29, 0.717) is 6.07 Å². The number of hydrogen-bond acceptors (Lipinski definition) is 2. The molecule has 1 aromatic carbocycles. The number of hydrogen-bond donors (Lipinski definition) is 1. The number of benzene rings is 1. The summed E-state index contributed by atoms with van der Waals surface area (Å²) in [6.07, 6.45) is 0.915. The first-order valence-corrected chi connectivity index (χ1v) is 5.51. The lowest BCUT2D eigenvalue weighted by Gasteiger charge is -2.17. The van der Waals surface area contributed by atoms with Gasteiger partial charge in [0.25, 0.3) is 0 Å². The van der Waals surface area contributed by atoms with E-state index >= 15 is 0 Å². The van der Waals surface area contributed by atoms with E-state index in [1.807, 2.05) is 19.0 Å². The zero-order valence-electron chi connectivity index (χ0n) is 10.1. The first-order chi connectivity index (χ1) is 8.04. The van der Waals surface area contributed by atoms with Gasteiger partial charge in [0.15, 0.2) is 11.6 Å². The zero-order valence-corrected chi connectivity index (χ0v) is 10.1. The van der Waals surface area contributed by atoms with Crippen LogP contribution in [-0.2, 0) is 6.54 Å². The van der Waals surface area contributed by atoms with E-state index in [1.54, 1.807) is 0 Å². The molecular formula is C12H17F3N2. The second-order valence-electron chi connectivity index (χ2n) is 4.05. The molecule has 96 valence electrons. The minimum absolute atomic E-state index is 0.177. The Morgan fingerprint density at radius 1 is 1.12 bits per heavy atom. The molecule has 1 aromatic rings. The second kappa shape index (κ2) is 6.61. The summed E-state index contributed by atoms with van der Waals surface area (Å²) >= 11 is 0. The van der Waals surface area contributed by atoms with E-state index in [1.165, 1.54) is 0 Å². The summed E-state index contributed by atoms with van der Waals surface area (Å²) in [5.41, 5.74) is 0.177. The molecule has 0 aliphatic heterocycles. The Morgan fingerprint density at radius 3 is 2.41 bits per heavy atom. The lowest BCUT2D eigenvalue weighted by Crippen LogP contribution is -2.23. The summed E-state index contributed by atoms with van der Waals surface area (Å²) in [5.74, 6) is -2.86. The summed E-state index contributed by atoms with van der Waals surface area (Å²) in [4.78, 5) is 1.87. The van der Waals surface area contributed by atoms with Gasteiger partial charge in [0, 0.05) is 18.2 Å². The minimum atomic E-state index is -1.15. The van der Waals surface area contributed by atoms with E-state index < -0.39 is 17.5 Å². The van der Waals surface area contributed by atoms with E-state index in [4.69, 9.17) is 0 Å². The molecule has 0 aliphatic rings. The van der Waals surface area contributed by atoms with Gasteiger partial charge >= 0.3 is 0 Å². The SMILES string of the molecule is CNCCCN(C)Cc1cc(F)c(F)cc1F. The Hall–Kier alpha value is -1.07. The summed E-state index contributed by atoms with van der Waals surface area (Å²) in [7, 11) is 3.67. The second-order valence-corrected chi connectivity index (χ2v) is 4.05. The van der Waals surface area contributed by atoms with E-state index in [2.05, 4.69) is 5.32 Å². The van der Waals surface area contributed by atoms with Crippen LogP contribution in [0.3, 0.4) is 0 Å². The van der Waals surface area contributed by atoms with Crippen LogP contribution in [0.2, 0.25) is 0 Å². The van der Waals surface area contributed by atoms with Gasteiger partial charge in [-0.1, -0.05) is 0 Å². The highest BCUT2D eigenvalue weighted by Gasteiger charge is 2.11. The fourth-order valence-electron chi connectivity index (χ4n) is 1.58. The molecule has 0 heterocycles. The fourth-order valence-corrected chi connectivity index (χ4v) is 1.58. The third-order valence-electron chi connectivity index (χ3n) is 2.50. The summed E-state index contributed by atoms with van der Waals surface area (Å²) in [6, 6.07) is 1.51. The van der Waals surface area contributed by atoms with Crippen LogP contribution in [0.4, 0.5) is 13.2 Å². The number of halogens is 3. The molecule has 0 unspecified atom stereocenters. The van der Waals surface area contributed by atoms with Gasteiger partial charge in [-0.05, 0) is 39.7 Å². The van der Waals surface area contributed by atoms with Gasteiger partial charge in [0.1, 0.15) is 5.82 Å². The Balaban J connectivity index is 2.58. The molecule has 0 atom stereocenters. The molecule has 0 bridgehead atoms. The number of nitrogens with one attached hydrogen (secondary N) is 1. The lowest BCUT2D eigenvalue weighted by molar-refractivity contribution is 0.314. The smallest absolute Gasteiger partial charge is 0.161 e. The van der Waals surface area contributed by atoms with Gasteiger partial charge in [0.05, 0.1) is 0 Å². The average Bonchev–Trinajstić information content (AvgIpc) is 2.26. The summed E-state index contributed by atoms with van der Waals surface area (Å²) < 4.78 is 39.0. The summed E-state index contributed by atoms with van der Waals surface area (Å²) in [5, 5.41) is 3.00. The molecule has 2 nitrogen and oxygen atoms in total. The third-order valence-corrected chi connectivity index (χ3v) is 2.50. The summed E-state index contributed by atoms with van der Waals surface area (Å²) in [6.45, 7) is 1.90. The predicted molar refractivity (Wildman–Crippen MR) is 61.2 cm³/mol. The Bertz CT molecular complexity index is 369. The van der Waals surface area contributed by atoms with Gasteiger partial charge in [-0.25, -0.2) is 13.2 Å². The van der Waals surface area contributed by atoms with Crippen molar-refractivity contribution in [2.45, 2.75) is 13.0 Å². The van der Waals surface area contributed by atoms with Gasteiger partial charge < -0.3 is 10.2 Å². The Morgan fingerprint density at radius 2 is 1.76 bits per heavy atom. The van der Waals surface area contributed by atoms with Crippen molar-refractivity contribution in [2.75, 3.05) is 27.2 Å². The highest BCUT2D eigenvalue weighted by atomic mass is 19.2. The number of nitrogens with zero attached hydrogens (tertiary/aromatic N) is 1. The van der Waals surface area contributed by atoms with Crippen LogP contribution >= 0.6 is 0 Å². The quantitative estimate of drug-likeness (QED) is 0.611. The Kier molecular flexibility index (Phi) is 5.44. The maximum Gasteiger partial charge on any atom is 0.161 e. The standard InChI is InChI=1S/C12H17F3N2/c1-16-4-3-5-17(2)8-9-6-11(14)12(15)7-10(9)13/h6-7,16H,3-5,8H2,1-2H3. The fraction of sp³-hybridized carbons (Fsp3) is 0.500. The first kappa shape index (κ1) is 14.0. The van der Waals surface area contributed by atoms with Crippen LogP contribution in [0.5, 0.6) is 0 Å². The van der Waals surface area contributed by atoms with Gasteiger partial charge in [-0.15, -0.1) is 0 Å². The third kappa shape index (κ3) is 4.36. The molecule has 0 saturated heterocycles. The van der Waals surface area contributed by atoms with Crippen molar-refractivity contribution >= 4 is 0 Å². The molecule has 5 heteroatoms. The van der Waals surface area contributed by atoms with Crippen molar-refractivity contribution < 1.29 is 13.2 Å². The molecule has 17 heavy (non-hydrogen) atoms. The van der Waals surface area contributed by atoms with Gasteiger partial charge in [0.2, 0.25) is 0 Å². The average molecular weight is 246 g/mol. The molecule has 0 amide bonds. The van der Waals surface area contributed by atoms with Crippen molar-refractivity contribution in [3.8, 4) is 0 Å². The molecule has 0 spiro atoms. The maximum atomic E-state index is 13.3. The molecule has 1 N–H and O–H groups in total. The van der Waals surface area contributed by atoms with Crippen molar-refractivity contribution in [3.63, 3.8) is 0 Å². The van der Waals surface area contributed by atoms with Crippen LogP contribution < -0.4 is 5.32 Å². The van der Waals surface area contributed by atoms with Crippen molar-refractivity contribution in [3.05, 3.63) is 35.1 Å². The van der Waals surface area contributed by atoms with Crippen LogP contribution in [0.15, 0.2) is 12.1 Å². The van der Waals surface area contributed by atoms with Gasteiger partial charge in [-0.2, -0.15) is 0 Å². The highest BCUT2D eigenvalue weighted by molar-refractivity contribution is 5.19. The van der Waals surface area contributed by atoms with Crippen molar-refractivity contribution in [2.24, 2.45) is 0 Å². The lowest BCUT2D eigenvalue weighted by atomic mass is 10.2. The molecule has 0 aliphatic carbocycles. The van der Waals surface area contributed by atoms with E-state index in [9.17, 15) is 13.2 Å². The molecular weight excluding hydrogens is 229 g/mol. The van der Waals surface area contributed by atoms with Crippen molar-refractivity contribution in [1.29, 1.82) is 0 Å². The maximum absolute atomic E-state index is 13.3. The minimum Gasteiger partial charge on any atom is -0.320 e. The van der Waals surface area contributed by atoms with Crippen LogP contribution in [0, 0.1) is 17.5 Å². The van der Waals surface area contributed by atoms with Crippen molar-refractivity contribution in [1.82, 2.24) is 10.2 Å². The zero-order chi connectivity index (χ0) is 12.8. The number of rotatable bonds is 6. The highest BCUT2D eigenvalue weighted by Crippen LogP contribution is 2.15. The normalized spacial score (nSPS) is 11.2. The van der Waals surface area contributed by atoms with E-state index in [0.717, 1.165) is 25.6 Å². The topological polar surface area (TPSA) is 15.3 Å². The largest absolute Gasteiger partial charge is 0.320 e. The Labute approximate surface area is 99.4 Å².